The highest BCUT2D eigenvalue weighted by molar-refractivity contribution is 5.91. The third-order valence-corrected chi connectivity index (χ3v) is 3.96. The molecule has 4 rings (SSSR count). The third kappa shape index (κ3) is 3.34. The molecule has 0 fully saturated rings. The maximum absolute atomic E-state index is 4.21. The molecule has 2 N–H and O–H groups in total. The fraction of sp³-hybridized carbons (Fsp3) is 0. The van der Waals surface area contributed by atoms with Gasteiger partial charge < -0.3 is 0 Å². The number of rotatable bonds is 5. The predicted octanol–water partition coefficient (Wildman–Crippen LogP) is 3.92. The minimum absolute atomic E-state index is 0.945. The fourth-order valence-electron chi connectivity index (χ4n) is 2.71. The first-order chi connectivity index (χ1) is 12.9. The topological polar surface area (TPSA) is 82.1 Å². The Hall–Kier alpha value is -3.80. The van der Waals surface area contributed by atoms with Crippen LogP contribution in [0, 0.1) is 0 Å². The second kappa shape index (κ2) is 7.40. The van der Waals surface area contributed by atoms with Crippen LogP contribution < -0.4 is 0 Å². The van der Waals surface area contributed by atoms with Crippen LogP contribution in [0.15, 0.2) is 83.3 Å². The average Bonchev–Trinajstić information content (AvgIpc) is 3.40. The molecule has 0 aliphatic rings. The number of aromatic nitrogens is 4. The molecule has 2 heterocycles. The van der Waals surface area contributed by atoms with E-state index in [1.54, 1.807) is 24.8 Å². The number of aromatic amines is 2. The van der Waals surface area contributed by atoms with E-state index < -0.39 is 0 Å². The molecule has 0 radical (unpaired) electrons. The number of H-pyrrole nitrogens is 2. The molecule has 0 aliphatic heterocycles. The van der Waals surface area contributed by atoms with E-state index in [4.69, 9.17) is 0 Å². The zero-order chi connectivity index (χ0) is 17.6. The summed E-state index contributed by atoms with van der Waals surface area (Å²) in [5.41, 5.74) is 5.89. The van der Waals surface area contributed by atoms with Gasteiger partial charge in [0.2, 0.25) is 0 Å². The van der Waals surface area contributed by atoms with Gasteiger partial charge in [-0.05, 0) is 12.1 Å². The Balaban J connectivity index is 1.58. The smallest absolute Gasteiger partial charge is 0.0656 e. The molecule has 2 aromatic carbocycles. The van der Waals surface area contributed by atoms with Crippen molar-refractivity contribution in [3.8, 4) is 22.5 Å². The lowest BCUT2D eigenvalue weighted by Gasteiger charge is -2.02. The summed E-state index contributed by atoms with van der Waals surface area (Å²) in [5.74, 6) is 0. The van der Waals surface area contributed by atoms with Crippen molar-refractivity contribution in [1.82, 2.24) is 20.4 Å². The van der Waals surface area contributed by atoms with Gasteiger partial charge in [-0.25, -0.2) is 0 Å². The minimum Gasteiger partial charge on any atom is -0.278 e. The Labute approximate surface area is 150 Å². The number of nitrogens with one attached hydrogen (secondary N) is 2. The second-order valence-corrected chi connectivity index (χ2v) is 5.60. The number of hydrogen-bond donors (Lipinski definition) is 2. The summed E-state index contributed by atoms with van der Waals surface area (Å²) >= 11 is 0. The normalized spacial score (nSPS) is 11.5. The monoisotopic (exact) mass is 340 g/mol. The van der Waals surface area contributed by atoms with Crippen molar-refractivity contribution in [2.75, 3.05) is 0 Å². The van der Waals surface area contributed by atoms with E-state index >= 15 is 0 Å². The average molecular weight is 340 g/mol. The maximum atomic E-state index is 4.21. The fourth-order valence-corrected chi connectivity index (χ4v) is 2.71. The molecule has 0 spiro atoms. The molecule has 4 aromatic rings. The molecular formula is C20H16N6. The predicted molar refractivity (Wildman–Crippen MR) is 103 cm³/mol. The van der Waals surface area contributed by atoms with Crippen LogP contribution in [-0.4, -0.2) is 32.8 Å². The molecule has 0 saturated heterocycles. The van der Waals surface area contributed by atoms with Gasteiger partial charge in [-0.1, -0.05) is 48.5 Å². The summed E-state index contributed by atoms with van der Waals surface area (Å²) in [6.07, 6.45) is 6.94. The Morgan fingerprint density at radius 2 is 1.08 bits per heavy atom. The lowest BCUT2D eigenvalue weighted by molar-refractivity contribution is 1.09. The molecule has 2 aromatic heterocycles. The SMILES string of the molecule is C(=N\N=C\c1ccccc1-c1ccn[nH]1)/c1ccccc1-c1ccn[nH]1. The quantitative estimate of drug-likeness (QED) is 0.426. The summed E-state index contributed by atoms with van der Waals surface area (Å²) in [7, 11) is 0. The lowest BCUT2D eigenvalue weighted by atomic mass is 10.1. The third-order valence-electron chi connectivity index (χ3n) is 3.96. The van der Waals surface area contributed by atoms with Crippen molar-refractivity contribution >= 4 is 12.4 Å². The van der Waals surface area contributed by atoms with Crippen LogP contribution in [0.4, 0.5) is 0 Å². The molecule has 0 bridgehead atoms. The summed E-state index contributed by atoms with van der Waals surface area (Å²) < 4.78 is 0. The number of benzene rings is 2. The molecule has 0 atom stereocenters. The number of nitrogens with zero attached hydrogens (tertiary/aromatic N) is 4. The van der Waals surface area contributed by atoms with Crippen LogP contribution in [0.3, 0.4) is 0 Å². The molecule has 0 amide bonds. The minimum atomic E-state index is 0.945. The molecule has 26 heavy (non-hydrogen) atoms. The largest absolute Gasteiger partial charge is 0.278 e. The zero-order valence-corrected chi connectivity index (χ0v) is 13.9. The van der Waals surface area contributed by atoms with Gasteiger partial charge in [0, 0.05) is 34.6 Å². The van der Waals surface area contributed by atoms with E-state index in [-0.39, 0.29) is 0 Å². The Bertz CT molecular complexity index is 944. The van der Waals surface area contributed by atoms with Gasteiger partial charge in [-0.15, -0.1) is 0 Å². The van der Waals surface area contributed by atoms with Crippen molar-refractivity contribution < 1.29 is 0 Å². The van der Waals surface area contributed by atoms with Crippen LogP contribution >= 0.6 is 0 Å². The van der Waals surface area contributed by atoms with Crippen molar-refractivity contribution in [1.29, 1.82) is 0 Å². The first-order valence-corrected chi connectivity index (χ1v) is 8.16. The highest BCUT2D eigenvalue weighted by Gasteiger charge is 2.04. The second-order valence-electron chi connectivity index (χ2n) is 5.60. The first kappa shape index (κ1) is 15.7. The Morgan fingerprint density at radius 3 is 1.50 bits per heavy atom. The van der Waals surface area contributed by atoms with Crippen molar-refractivity contribution in [2.24, 2.45) is 10.2 Å². The molecule has 6 heteroatoms. The van der Waals surface area contributed by atoms with Gasteiger partial charge in [0.05, 0.1) is 23.8 Å². The highest BCUT2D eigenvalue weighted by atomic mass is 15.2. The molecule has 0 saturated carbocycles. The first-order valence-electron chi connectivity index (χ1n) is 8.16. The Morgan fingerprint density at radius 1 is 0.615 bits per heavy atom. The summed E-state index contributed by atoms with van der Waals surface area (Å²) in [5, 5.41) is 22.4. The van der Waals surface area contributed by atoms with Gasteiger partial charge >= 0.3 is 0 Å². The van der Waals surface area contributed by atoms with E-state index in [1.807, 2.05) is 60.7 Å². The van der Waals surface area contributed by atoms with Gasteiger partial charge in [0.15, 0.2) is 0 Å². The van der Waals surface area contributed by atoms with Gasteiger partial charge in [0.1, 0.15) is 0 Å². The molecule has 6 nitrogen and oxygen atoms in total. The van der Waals surface area contributed by atoms with E-state index in [2.05, 4.69) is 30.6 Å². The summed E-state index contributed by atoms with van der Waals surface area (Å²) in [6, 6.07) is 19.8. The van der Waals surface area contributed by atoms with E-state index in [1.165, 1.54) is 0 Å². The van der Waals surface area contributed by atoms with E-state index in [0.29, 0.717) is 0 Å². The summed E-state index contributed by atoms with van der Waals surface area (Å²) in [6.45, 7) is 0. The van der Waals surface area contributed by atoms with Gasteiger partial charge in [-0.3, -0.25) is 10.2 Å². The maximum Gasteiger partial charge on any atom is 0.0656 e. The molecule has 126 valence electrons. The van der Waals surface area contributed by atoms with Gasteiger partial charge in [-0.2, -0.15) is 20.4 Å². The van der Waals surface area contributed by atoms with Crippen molar-refractivity contribution in [3.05, 3.63) is 84.2 Å². The van der Waals surface area contributed by atoms with Crippen LogP contribution in [0.25, 0.3) is 22.5 Å². The van der Waals surface area contributed by atoms with Crippen molar-refractivity contribution in [3.63, 3.8) is 0 Å². The van der Waals surface area contributed by atoms with Crippen LogP contribution in [0.2, 0.25) is 0 Å². The molecule has 0 unspecified atom stereocenters. The van der Waals surface area contributed by atoms with Gasteiger partial charge in [0.25, 0.3) is 0 Å². The van der Waals surface area contributed by atoms with E-state index in [9.17, 15) is 0 Å². The Kier molecular flexibility index (Phi) is 4.47. The van der Waals surface area contributed by atoms with E-state index in [0.717, 1.165) is 33.6 Å². The highest BCUT2D eigenvalue weighted by Crippen LogP contribution is 2.21. The summed E-state index contributed by atoms with van der Waals surface area (Å²) in [4.78, 5) is 0. The van der Waals surface area contributed by atoms with Crippen LogP contribution in [0.5, 0.6) is 0 Å². The van der Waals surface area contributed by atoms with Crippen molar-refractivity contribution in [2.45, 2.75) is 0 Å². The number of hydrogen-bond acceptors (Lipinski definition) is 4. The lowest BCUT2D eigenvalue weighted by Crippen LogP contribution is -1.89. The van der Waals surface area contributed by atoms with Crippen LogP contribution in [0.1, 0.15) is 11.1 Å². The standard InChI is InChI=1S/C20H16N6/c1-3-7-17(19-9-11-21-25-19)15(5-1)13-23-24-14-16-6-2-4-8-18(16)20-10-12-22-26-20/h1-14H,(H,21,25)(H,22,26)/b23-13+,24-14+. The van der Waals surface area contributed by atoms with Crippen LogP contribution in [-0.2, 0) is 0 Å². The molecular weight excluding hydrogens is 324 g/mol. The zero-order valence-electron chi connectivity index (χ0n) is 13.9. The molecule has 0 aliphatic carbocycles.